The van der Waals surface area contributed by atoms with Crippen LogP contribution in [0.2, 0.25) is 0 Å². The Morgan fingerprint density at radius 3 is 2.73 bits per heavy atom. The Balaban J connectivity index is 1.46. The Hall–Kier alpha value is -3.02. The van der Waals surface area contributed by atoms with Gasteiger partial charge in [0.05, 0.1) is 11.1 Å². The number of rotatable bonds is 2. The Morgan fingerprint density at radius 2 is 1.96 bits per heavy atom. The number of likely N-dealkylation sites (tertiary alicyclic amines) is 1. The van der Waals surface area contributed by atoms with E-state index in [1.807, 2.05) is 23.2 Å². The number of hydrogen-bond donors (Lipinski definition) is 0. The summed E-state index contributed by atoms with van der Waals surface area (Å²) in [6.07, 6.45) is 7.03. The van der Waals surface area contributed by atoms with E-state index in [1.165, 1.54) is 10.6 Å². The monoisotopic (exact) mass is 348 g/mol. The van der Waals surface area contributed by atoms with Gasteiger partial charge in [0.15, 0.2) is 0 Å². The number of piperidine rings is 1. The minimum absolute atomic E-state index is 0.0211. The zero-order valence-corrected chi connectivity index (χ0v) is 14.6. The average molecular weight is 348 g/mol. The Labute approximate surface area is 151 Å². The van der Waals surface area contributed by atoms with Crippen LogP contribution in [0.4, 0.5) is 0 Å². The number of aromatic nitrogens is 3. The van der Waals surface area contributed by atoms with Crippen LogP contribution in [-0.4, -0.2) is 38.4 Å². The van der Waals surface area contributed by atoms with E-state index in [1.54, 1.807) is 25.5 Å². The van der Waals surface area contributed by atoms with Gasteiger partial charge in [-0.05, 0) is 37.1 Å². The largest absolute Gasteiger partial charge is 0.339 e. The molecule has 0 spiro atoms. The molecule has 6 heteroatoms. The average Bonchev–Trinajstić information content (AvgIpc) is 2.69. The lowest BCUT2D eigenvalue weighted by atomic mass is 9.92. The maximum atomic E-state index is 12.7. The highest BCUT2D eigenvalue weighted by Crippen LogP contribution is 2.28. The van der Waals surface area contributed by atoms with E-state index >= 15 is 0 Å². The predicted molar refractivity (Wildman–Crippen MR) is 99.1 cm³/mol. The third kappa shape index (κ3) is 3.10. The van der Waals surface area contributed by atoms with Crippen LogP contribution in [0, 0.1) is 0 Å². The third-order valence-corrected chi connectivity index (χ3v) is 5.04. The topological polar surface area (TPSA) is 68.1 Å². The molecule has 4 rings (SSSR count). The summed E-state index contributed by atoms with van der Waals surface area (Å²) in [6, 6.07) is 9.02. The Morgan fingerprint density at radius 1 is 1.15 bits per heavy atom. The van der Waals surface area contributed by atoms with Crippen molar-refractivity contribution in [3.05, 3.63) is 70.5 Å². The summed E-state index contributed by atoms with van der Waals surface area (Å²) in [4.78, 5) is 35.0. The highest BCUT2D eigenvalue weighted by molar-refractivity contribution is 5.94. The van der Waals surface area contributed by atoms with Gasteiger partial charge in [0.1, 0.15) is 0 Å². The molecule has 0 aromatic carbocycles. The Bertz CT molecular complexity index is 1020. The van der Waals surface area contributed by atoms with Crippen molar-refractivity contribution >= 4 is 16.8 Å². The van der Waals surface area contributed by atoms with E-state index in [9.17, 15) is 9.59 Å². The van der Waals surface area contributed by atoms with E-state index in [0.717, 1.165) is 29.4 Å². The normalized spacial score (nSPS) is 15.3. The number of nitrogens with zero attached hydrogens (tertiary/aromatic N) is 4. The van der Waals surface area contributed by atoms with E-state index in [0.29, 0.717) is 24.6 Å². The number of hydrogen-bond acceptors (Lipinski definition) is 4. The molecule has 26 heavy (non-hydrogen) atoms. The highest BCUT2D eigenvalue weighted by atomic mass is 16.2. The van der Waals surface area contributed by atoms with Crippen LogP contribution >= 0.6 is 0 Å². The zero-order chi connectivity index (χ0) is 18.1. The third-order valence-electron chi connectivity index (χ3n) is 5.04. The van der Waals surface area contributed by atoms with E-state index in [-0.39, 0.29) is 11.5 Å². The first-order valence-electron chi connectivity index (χ1n) is 8.78. The van der Waals surface area contributed by atoms with E-state index < -0.39 is 0 Å². The molecule has 1 aliphatic heterocycles. The molecule has 132 valence electrons. The van der Waals surface area contributed by atoms with Crippen LogP contribution in [0.15, 0.2) is 53.7 Å². The maximum Gasteiger partial charge on any atom is 0.255 e. The highest BCUT2D eigenvalue weighted by Gasteiger charge is 2.25. The fourth-order valence-corrected chi connectivity index (χ4v) is 3.49. The smallest absolute Gasteiger partial charge is 0.255 e. The molecule has 6 nitrogen and oxygen atoms in total. The van der Waals surface area contributed by atoms with Crippen LogP contribution in [0.5, 0.6) is 0 Å². The first-order chi connectivity index (χ1) is 12.6. The van der Waals surface area contributed by atoms with Crippen molar-refractivity contribution < 1.29 is 4.79 Å². The molecule has 1 fully saturated rings. The second-order valence-corrected chi connectivity index (χ2v) is 6.74. The summed E-state index contributed by atoms with van der Waals surface area (Å²) < 4.78 is 1.44. The molecule has 1 aliphatic rings. The SMILES string of the molecule is Cn1cc(C(=O)N2CCC(c3cc4ncccc4cn3)CC2)ccc1=O. The van der Waals surface area contributed by atoms with Gasteiger partial charge >= 0.3 is 0 Å². The standard InChI is InChI=1S/C20H20N4O2/c1-23-13-16(4-5-19(23)25)20(26)24-9-6-14(7-10-24)17-11-18-15(12-22-17)3-2-8-21-18/h2-5,8,11-14H,6-7,9-10H2,1H3. The van der Waals surface area contributed by atoms with Crippen molar-refractivity contribution in [3.63, 3.8) is 0 Å². The van der Waals surface area contributed by atoms with Crippen LogP contribution in [0.25, 0.3) is 10.9 Å². The fraction of sp³-hybridized carbons (Fsp3) is 0.300. The predicted octanol–water partition coefficient (Wildman–Crippen LogP) is 2.35. The number of aryl methyl sites for hydroxylation is 1. The lowest BCUT2D eigenvalue weighted by molar-refractivity contribution is 0.0711. The van der Waals surface area contributed by atoms with Crippen molar-refractivity contribution in [2.75, 3.05) is 13.1 Å². The van der Waals surface area contributed by atoms with Gasteiger partial charge in [-0.25, -0.2) is 0 Å². The van der Waals surface area contributed by atoms with Crippen LogP contribution in [-0.2, 0) is 7.05 Å². The molecular weight excluding hydrogens is 328 g/mol. The van der Waals surface area contributed by atoms with Crippen molar-refractivity contribution in [1.82, 2.24) is 19.4 Å². The number of carbonyl (C=O) groups is 1. The molecule has 0 aliphatic carbocycles. The molecule has 0 bridgehead atoms. The molecule has 0 radical (unpaired) electrons. The van der Waals surface area contributed by atoms with Crippen molar-refractivity contribution in [2.45, 2.75) is 18.8 Å². The molecule has 0 atom stereocenters. The molecule has 4 heterocycles. The lowest BCUT2D eigenvalue weighted by Crippen LogP contribution is -2.38. The summed E-state index contributed by atoms with van der Waals surface area (Å²) in [5, 5.41) is 1.04. The zero-order valence-electron chi connectivity index (χ0n) is 14.6. The molecule has 3 aromatic rings. The minimum atomic E-state index is -0.115. The number of carbonyl (C=O) groups excluding carboxylic acids is 1. The molecule has 0 N–H and O–H groups in total. The van der Waals surface area contributed by atoms with Crippen molar-refractivity contribution in [1.29, 1.82) is 0 Å². The van der Waals surface area contributed by atoms with Gasteiger partial charge in [-0.15, -0.1) is 0 Å². The molecular formula is C20H20N4O2. The Kier molecular flexibility index (Phi) is 4.24. The summed E-state index contributed by atoms with van der Waals surface area (Å²) >= 11 is 0. The van der Waals surface area contributed by atoms with Crippen LogP contribution < -0.4 is 5.56 Å². The maximum absolute atomic E-state index is 12.7. The van der Waals surface area contributed by atoms with Crippen LogP contribution in [0.1, 0.15) is 34.8 Å². The van der Waals surface area contributed by atoms with Gasteiger partial charge < -0.3 is 9.47 Å². The first-order valence-corrected chi connectivity index (χ1v) is 8.78. The first kappa shape index (κ1) is 16.4. The van der Waals surface area contributed by atoms with E-state index in [2.05, 4.69) is 16.0 Å². The van der Waals surface area contributed by atoms with Crippen molar-refractivity contribution in [2.24, 2.45) is 7.05 Å². The van der Waals surface area contributed by atoms with Gasteiger partial charge in [-0.1, -0.05) is 0 Å². The number of fused-ring (bicyclic) bond motifs is 1. The summed E-state index contributed by atoms with van der Waals surface area (Å²) in [5.74, 6) is 0.317. The second kappa shape index (κ2) is 6.71. The number of amides is 1. The summed E-state index contributed by atoms with van der Waals surface area (Å²) in [7, 11) is 1.66. The minimum Gasteiger partial charge on any atom is -0.339 e. The molecule has 1 saturated heterocycles. The van der Waals surface area contributed by atoms with Gasteiger partial charge in [0.25, 0.3) is 5.91 Å². The van der Waals surface area contributed by atoms with Crippen molar-refractivity contribution in [3.8, 4) is 0 Å². The van der Waals surface area contributed by atoms with Gasteiger partial charge in [0.2, 0.25) is 5.56 Å². The van der Waals surface area contributed by atoms with E-state index in [4.69, 9.17) is 0 Å². The number of pyridine rings is 3. The quantitative estimate of drug-likeness (QED) is 0.713. The molecule has 0 unspecified atom stereocenters. The fourth-order valence-electron chi connectivity index (χ4n) is 3.49. The molecule has 1 amide bonds. The van der Waals surface area contributed by atoms with Gasteiger partial charge in [-0.3, -0.25) is 19.6 Å². The molecule has 3 aromatic heterocycles. The summed E-state index contributed by atoms with van der Waals surface area (Å²) in [6.45, 7) is 1.38. The second-order valence-electron chi connectivity index (χ2n) is 6.74. The van der Waals surface area contributed by atoms with Gasteiger partial charge in [-0.2, -0.15) is 0 Å². The lowest BCUT2D eigenvalue weighted by Gasteiger charge is -2.32. The summed E-state index contributed by atoms with van der Waals surface area (Å²) in [5.41, 5.74) is 2.45. The van der Waals surface area contributed by atoms with Crippen LogP contribution in [0.3, 0.4) is 0 Å². The molecule has 0 saturated carbocycles. The van der Waals surface area contributed by atoms with Gasteiger partial charge in [0, 0.05) is 61.8 Å².